The Labute approximate surface area is 134 Å². The lowest BCUT2D eigenvalue weighted by molar-refractivity contribution is -0.151. The highest BCUT2D eigenvalue weighted by atomic mass is 35.5. The zero-order chi connectivity index (χ0) is 15.5. The number of rotatable bonds is 5. The minimum Gasteiger partial charge on any atom is -0.491 e. The van der Waals surface area contributed by atoms with Crippen molar-refractivity contribution in [2.75, 3.05) is 26.2 Å². The van der Waals surface area contributed by atoms with E-state index in [1.54, 1.807) is 25.1 Å². The molecular formula is C15H19Cl2NO3. The van der Waals surface area contributed by atoms with Gasteiger partial charge in [-0.3, -0.25) is 9.69 Å². The number of carboxylic acids is 1. The third-order valence-electron chi connectivity index (χ3n) is 3.85. The summed E-state index contributed by atoms with van der Waals surface area (Å²) in [7, 11) is 0. The standard InChI is InChI=1S/C15H19Cl2NO3/c1-15(14(19)20)5-2-6-18(10-15)7-8-21-13-4-3-11(16)9-12(13)17/h3-4,9H,2,5-8,10H2,1H3,(H,19,20). The molecule has 1 aromatic rings. The van der Waals surface area contributed by atoms with Crippen LogP contribution in [0.3, 0.4) is 0 Å². The van der Waals surface area contributed by atoms with Crippen LogP contribution in [0.25, 0.3) is 0 Å². The van der Waals surface area contributed by atoms with Gasteiger partial charge in [-0.1, -0.05) is 23.2 Å². The summed E-state index contributed by atoms with van der Waals surface area (Å²) >= 11 is 11.9. The summed E-state index contributed by atoms with van der Waals surface area (Å²) in [5, 5.41) is 10.3. The third kappa shape index (κ3) is 4.25. The number of nitrogens with zero attached hydrogens (tertiary/aromatic N) is 1. The largest absolute Gasteiger partial charge is 0.491 e. The van der Waals surface area contributed by atoms with Crippen molar-refractivity contribution in [3.63, 3.8) is 0 Å². The van der Waals surface area contributed by atoms with Crippen LogP contribution in [0.4, 0.5) is 0 Å². The molecule has 0 spiro atoms. The second-order valence-electron chi connectivity index (χ2n) is 5.67. The number of likely N-dealkylation sites (tertiary alicyclic amines) is 1. The maximum absolute atomic E-state index is 11.3. The van der Waals surface area contributed by atoms with Gasteiger partial charge in [0.2, 0.25) is 0 Å². The van der Waals surface area contributed by atoms with Crippen LogP contribution >= 0.6 is 23.2 Å². The van der Waals surface area contributed by atoms with Gasteiger partial charge in [0.25, 0.3) is 0 Å². The first kappa shape index (κ1) is 16.4. The average Bonchev–Trinajstić information content (AvgIpc) is 2.41. The molecule has 0 aromatic heterocycles. The number of hydrogen-bond acceptors (Lipinski definition) is 3. The predicted molar refractivity (Wildman–Crippen MR) is 83.4 cm³/mol. The molecule has 1 saturated heterocycles. The van der Waals surface area contributed by atoms with E-state index in [1.165, 1.54) is 0 Å². The smallest absolute Gasteiger partial charge is 0.310 e. The van der Waals surface area contributed by atoms with E-state index in [4.69, 9.17) is 27.9 Å². The topological polar surface area (TPSA) is 49.8 Å². The summed E-state index contributed by atoms with van der Waals surface area (Å²) in [6.45, 7) is 4.41. The number of benzene rings is 1. The summed E-state index contributed by atoms with van der Waals surface area (Å²) in [5.74, 6) is -0.132. The molecule has 1 aromatic carbocycles. The molecule has 1 aliphatic heterocycles. The number of halogens is 2. The summed E-state index contributed by atoms with van der Waals surface area (Å²) in [6.07, 6.45) is 1.62. The van der Waals surface area contributed by atoms with E-state index in [0.29, 0.717) is 35.5 Å². The zero-order valence-corrected chi connectivity index (χ0v) is 13.5. The molecular weight excluding hydrogens is 313 g/mol. The van der Waals surface area contributed by atoms with E-state index in [2.05, 4.69) is 4.90 Å². The van der Waals surface area contributed by atoms with Crippen LogP contribution in [0.1, 0.15) is 19.8 Å². The predicted octanol–water partition coefficient (Wildman–Crippen LogP) is 3.56. The van der Waals surface area contributed by atoms with Crippen molar-refractivity contribution in [1.29, 1.82) is 0 Å². The summed E-state index contributed by atoms with van der Waals surface area (Å²) in [6, 6.07) is 5.11. The van der Waals surface area contributed by atoms with Crippen LogP contribution in [-0.2, 0) is 4.79 Å². The average molecular weight is 332 g/mol. The van der Waals surface area contributed by atoms with Gasteiger partial charge in [0, 0.05) is 18.1 Å². The molecule has 2 rings (SSSR count). The van der Waals surface area contributed by atoms with Gasteiger partial charge in [-0.15, -0.1) is 0 Å². The number of ether oxygens (including phenoxy) is 1. The SMILES string of the molecule is CC1(C(=O)O)CCCN(CCOc2ccc(Cl)cc2Cl)C1. The fraction of sp³-hybridized carbons (Fsp3) is 0.533. The number of carbonyl (C=O) groups is 1. The van der Waals surface area contributed by atoms with Crippen molar-refractivity contribution in [1.82, 2.24) is 4.90 Å². The highest BCUT2D eigenvalue weighted by Gasteiger charge is 2.37. The Hall–Kier alpha value is -0.970. The van der Waals surface area contributed by atoms with Gasteiger partial charge in [-0.2, -0.15) is 0 Å². The van der Waals surface area contributed by atoms with Crippen molar-refractivity contribution in [3.8, 4) is 5.75 Å². The first-order valence-electron chi connectivity index (χ1n) is 6.94. The Morgan fingerprint density at radius 1 is 1.48 bits per heavy atom. The summed E-state index contributed by atoms with van der Waals surface area (Å²) in [4.78, 5) is 13.4. The van der Waals surface area contributed by atoms with Gasteiger partial charge in [-0.05, 0) is 44.5 Å². The first-order valence-corrected chi connectivity index (χ1v) is 7.70. The molecule has 1 fully saturated rings. The Morgan fingerprint density at radius 2 is 2.24 bits per heavy atom. The lowest BCUT2D eigenvalue weighted by Crippen LogP contribution is -2.47. The van der Waals surface area contributed by atoms with Gasteiger partial charge in [-0.25, -0.2) is 0 Å². The van der Waals surface area contributed by atoms with Crippen molar-refractivity contribution in [2.45, 2.75) is 19.8 Å². The second kappa shape index (κ2) is 6.86. The monoisotopic (exact) mass is 331 g/mol. The van der Waals surface area contributed by atoms with E-state index in [9.17, 15) is 9.90 Å². The van der Waals surface area contributed by atoms with E-state index >= 15 is 0 Å². The molecule has 1 N–H and O–H groups in total. The van der Waals surface area contributed by atoms with E-state index in [1.807, 2.05) is 0 Å². The van der Waals surface area contributed by atoms with Crippen LogP contribution in [-0.4, -0.2) is 42.2 Å². The third-order valence-corrected chi connectivity index (χ3v) is 4.38. The highest BCUT2D eigenvalue weighted by molar-refractivity contribution is 6.35. The van der Waals surface area contributed by atoms with E-state index in [-0.39, 0.29) is 0 Å². The Bertz CT molecular complexity index is 524. The van der Waals surface area contributed by atoms with Gasteiger partial charge in [0.05, 0.1) is 10.4 Å². The minimum atomic E-state index is -0.728. The number of aliphatic carboxylic acids is 1. The molecule has 1 atom stereocenters. The van der Waals surface area contributed by atoms with Crippen molar-refractivity contribution in [2.24, 2.45) is 5.41 Å². The Morgan fingerprint density at radius 3 is 2.90 bits per heavy atom. The van der Waals surface area contributed by atoms with Crippen LogP contribution in [0.5, 0.6) is 5.75 Å². The molecule has 1 aliphatic rings. The molecule has 0 aliphatic carbocycles. The molecule has 1 heterocycles. The fourth-order valence-corrected chi connectivity index (χ4v) is 3.05. The van der Waals surface area contributed by atoms with Crippen molar-refractivity contribution >= 4 is 29.2 Å². The molecule has 0 bridgehead atoms. The van der Waals surface area contributed by atoms with E-state index < -0.39 is 11.4 Å². The number of carboxylic acid groups (broad SMARTS) is 1. The minimum absolute atomic E-state index is 0.469. The van der Waals surface area contributed by atoms with Crippen LogP contribution in [0.2, 0.25) is 10.0 Å². The fourth-order valence-electron chi connectivity index (χ4n) is 2.59. The lowest BCUT2D eigenvalue weighted by Gasteiger charge is -2.37. The number of piperidine rings is 1. The van der Waals surface area contributed by atoms with Crippen molar-refractivity contribution < 1.29 is 14.6 Å². The molecule has 116 valence electrons. The highest BCUT2D eigenvalue weighted by Crippen LogP contribution is 2.30. The first-order chi connectivity index (χ1) is 9.90. The molecule has 0 saturated carbocycles. The van der Waals surface area contributed by atoms with Gasteiger partial charge in [0.1, 0.15) is 12.4 Å². The lowest BCUT2D eigenvalue weighted by atomic mass is 9.82. The Kier molecular flexibility index (Phi) is 5.36. The van der Waals surface area contributed by atoms with Gasteiger partial charge in [0.15, 0.2) is 0 Å². The Balaban J connectivity index is 1.84. The molecule has 21 heavy (non-hydrogen) atoms. The maximum Gasteiger partial charge on any atom is 0.310 e. The summed E-state index contributed by atoms with van der Waals surface area (Å²) in [5.41, 5.74) is -0.657. The zero-order valence-electron chi connectivity index (χ0n) is 11.9. The maximum atomic E-state index is 11.3. The number of hydrogen-bond donors (Lipinski definition) is 1. The second-order valence-corrected chi connectivity index (χ2v) is 6.51. The van der Waals surface area contributed by atoms with Gasteiger partial charge >= 0.3 is 5.97 Å². The van der Waals surface area contributed by atoms with Crippen LogP contribution < -0.4 is 4.74 Å². The van der Waals surface area contributed by atoms with Crippen LogP contribution in [0.15, 0.2) is 18.2 Å². The van der Waals surface area contributed by atoms with Crippen LogP contribution in [0, 0.1) is 5.41 Å². The van der Waals surface area contributed by atoms with Gasteiger partial charge < -0.3 is 9.84 Å². The van der Waals surface area contributed by atoms with Crippen molar-refractivity contribution in [3.05, 3.63) is 28.2 Å². The normalized spacial score (nSPS) is 23.0. The quantitative estimate of drug-likeness (QED) is 0.896. The molecule has 4 nitrogen and oxygen atoms in total. The summed E-state index contributed by atoms with van der Waals surface area (Å²) < 4.78 is 5.64. The molecule has 1 unspecified atom stereocenters. The molecule has 6 heteroatoms. The van der Waals surface area contributed by atoms with E-state index in [0.717, 1.165) is 19.4 Å². The molecule has 0 radical (unpaired) electrons. The molecule has 0 amide bonds.